The number of hydrogen-bond donors (Lipinski definition) is 2. The molecule has 1 aromatic heterocycles. The van der Waals surface area contributed by atoms with Crippen molar-refractivity contribution in [2.75, 3.05) is 82.0 Å². The molecule has 3 saturated heterocycles. The fourth-order valence-corrected chi connectivity index (χ4v) is 5.00. The average molecular weight is 376 g/mol. The van der Waals surface area contributed by atoms with Crippen LogP contribution in [0.5, 0.6) is 0 Å². The van der Waals surface area contributed by atoms with Crippen LogP contribution in [0, 0.1) is 5.41 Å². The quantitative estimate of drug-likeness (QED) is 0.753. The maximum atomic E-state index is 10.2. The van der Waals surface area contributed by atoms with Gasteiger partial charge >= 0.3 is 0 Å². The number of likely N-dealkylation sites (tertiary alicyclic amines) is 1. The average Bonchev–Trinajstić information content (AvgIpc) is 2.61. The summed E-state index contributed by atoms with van der Waals surface area (Å²) in [6, 6.07) is 2.10. The lowest BCUT2D eigenvalue weighted by atomic mass is 9.72. The molecule has 1 aromatic rings. The van der Waals surface area contributed by atoms with Gasteiger partial charge in [-0.3, -0.25) is 0 Å². The highest BCUT2D eigenvalue weighted by atomic mass is 16.3. The summed E-state index contributed by atoms with van der Waals surface area (Å²) in [7, 11) is 4.27. The molecule has 3 N–H and O–H groups in total. The second kappa shape index (κ2) is 7.41. The van der Waals surface area contributed by atoms with Crippen molar-refractivity contribution in [2.45, 2.75) is 25.4 Å². The number of likely N-dealkylation sites (N-methyl/N-ethyl adjacent to an activating group) is 2. The number of aliphatic hydroxyl groups excluding tert-OH is 1. The van der Waals surface area contributed by atoms with Crippen molar-refractivity contribution in [2.24, 2.45) is 5.41 Å². The number of aliphatic hydroxyl groups is 1. The first kappa shape index (κ1) is 18.7. The highest BCUT2D eigenvalue weighted by Gasteiger charge is 2.40. The van der Waals surface area contributed by atoms with E-state index in [2.05, 4.69) is 49.7 Å². The topological polar surface area (TPSA) is 85.0 Å². The van der Waals surface area contributed by atoms with Crippen LogP contribution in [0.3, 0.4) is 0 Å². The number of piperidine rings is 2. The molecule has 1 spiro atoms. The van der Waals surface area contributed by atoms with Crippen LogP contribution in [0.1, 0.15) is 19.3 Å². The van der Waals surface area contributed by atoms with Gasteiger partial charge < -0.3 is 30.4 Å². The van der Waals surface area contributed by atoms with E-state index in [1.165, 1.54) is 0 Å². The molecule has 150 valence electrons. The monoisotopic (exact) mass is 375 g/mol. The Morgan fingerprint density at radius 3 is 2.15 bits per heavy atom. The molecule has 3 fully saturated rings. The second-order valence-corrected chi connectivity index (χ2v) is 8.77. The first-order chi connectivity index (χ1) is 12.9. The summed E-state index contributed by atoms with van der Waals surface area (Å²) < 4.78 is 0. The number of piperazine rings is 1. The lowest BCUT2D eigenvalue weighted by Gasteiger charge is -2.48. The third-order valence-corrected chi connectivity index (χ3v) is 6.49. The molecule has 0 saturated carbocycles. The first-order valence-corrected chi connectivity index (χ1v) is 10.1. The summed E-state index contributed by atoms with van der Waals surface area (Å²) >= 11 is 0. The Bertz CT molecular complexity index is 641. The fraction of sp³-hybridized carbons (Fsp3) is 0.789. The van der Waals surface area contributed by atoms with Crippen molar-refractivity contribution in [3.63, 3.8) is 0 Å². The lowest BCUT2D eigenvalue weighted by Crippen LogP contribution is -2.52. The number of rotatable bonds is 2. The minimum atomic E-state index is -0.200. The van der Waals surface area contributed by atoms with Crippen LogP contribution < -0.4 is 15.5 Å². The zero-order valence-corrected chi connectivity index (χ0v) is 16.6. The summed E-state index contributed by atoms with van der Waals surface area (Å²) in [6.07, 6.45) is 2.89. The van der Waals surface area contributed by atoms with E-state index >= 15 is 0 Å². The molecule has 1 unspecified atom stereocenters. The number of nitrogens with two attached hydrogens (primary N) is 1. The van der Waals surface area contributed by atoms with Crippen molar-refractivity contribution >= 4 is 17.6 Å². The SMILES string of the molecule is CN1CCN(c2cc(N3CCC4(CC3)CC(O)CN(C)C4)nc(N)n2)CC1. The first-order valence-electron chi connectivity index (χ1n) is 10.1. The van der Waals surface area contributed by atoms with Gasteiger partial charge in [0.25, 0.3) is 0 Å². The van der Waals surface area contributed by atoms with E-state index in [1.54, 1.807) is 0 Å². The number of hydrogen-bond acceptors (Lipinski definition) is 8. The Morgan fingerprint density at radius 1 is 0.963 bits per heavy atom. The van der Waals surface area contributed by atoms with Gasteiger partial charge in [-0.25, -0.2) is 0 Å². The molecule has 3 aliphatic rings. The number of β-amino-alcohol motifs (C(OH)–C–C–N with tert-alkyl or cyclic N) is 1. The predicted octanol–water partition coefficient (Wildman–Crippen LogP) is 0.0936. The summed E-state index contributed by atoms with van der Waals surface area (Å²) in [4.78, 5) is 18.3. The summed E-state index contributed by atoms with van der Waals surface area (Å²) in [5, 5.41) is 10.2. The largest absolute Gasteiger partial charge is 0.392 e. The van der Waals surface area contributed by atoms with Crippen molar-refractivity contribution in [3.8, 4) is 0 Å². The minimum Gasteiger partial charge on any atom is -0.392 e. The van der Waals surface area contributed by atoms with Crippen molar-refractivity contribution in [1.82, 2.24) is 19.8 Å². The number of anilines is 3. The van der Waals surface area contributed by atoms with Crippen LogP contribution in [0.25, 0.3) is 0 Å². The van der Waals surface area contributed by atoms with Gasteiger partial charge in [0.2, 0.25) is 5.95 Å². The Hall–Kier alpha value is -1.64. The van der Waals surface area contributed by atoms with Gasteiger partial charge in [-0.05, 0) is 38.8 Å². The van der Waals surface area contributed by atoms with Gasteiger partial charge in [-0.2, -0.15) is 9.97 Å². The number of nitrogen functional groups attached to an aromatic ring is 1. The van der Waals surface area contributed by atoms with Gasteiger partial charge in [0, 0.05) is 58.4 Å². The van der Waals surface area contributed by atoms with E-state index in [4.69, 9.17) is 5.73 Å². The molecule has 0 bridgehead atoms. The van der Waals surface area contributed by atoms with Crippen LogP contribution >= 0.6 is 0 Å². The van der Waals surface area contributed by atoms with Crippen LogP contribution in [-0.4, -0.2) is 97.4 Å². The molecular weight excluding hydrogens is 342 g/mol. The van der Waals surface area contributed by atoms with Crippen LogP contribution in [0.2, 0.25) is 0 Å². The van der Waals surface area contributed by atoms with Gasteiger partial charge in [0.15, 0.2) is 0 Å². The Labute approximate surface area is 162 Å². The van der Waals surface area contributed by atoms with Gasteiger partial charge in [-0.1, -0.05) is 0 Å². The standard InChI is InChI=1S/C19H33N7O/c1-23-7-9-26(10-8-23)17-11-16(21-18(20)22-17)25-5-3-19(4-6-25)12-15(27)13-24(2)14-19/h11,15,27H,3-10,12-14H2,1-2H3,(H2,20,21,22). The zero-order chi connectivity index (χ0) is 19.0. The normalized spacial score (nSPS) is 27.3. The molecule has 4 rings (SSSR count). The van der Waals surface area contributed by atoms with E-state index in [0.29, 0.717) is 5.95 Å². The van der Waals surface area contributed by atoms with Crippen molar-refractivity contribution in [1.29, 1.82) is 0 Å². The molecule has 4 heterocycles. The minimum absolute atomic E-state index is 0.200. The van der Waals surface area contributed by atoms with E-state index in [9.17, 15) is 5.11 Å². The summed E-state index contributed by atoms with van der Waals surface area (Å²) in [6.45, 7) is 7.82. The molecule has 0 aliphatic carbocycles. The molecule has 0 amide bonds. The van der Waals surface area contributed by atoms with E-state index in [0.717, 1.165) is 83.3 Å². The molecule has 0 aromatic carbocycles. The van der Waals surface area contributed by atoms with Gasteiger partial charge in [0.05, 0.1) is 6.10 Å². The lowest BCUT2D eigenvalue weighted by molar-refractivity contribution is -0.0112. The molecule has 3 aliphatic heterocycles. The molecule has 27 heavy (non-hydrogen) atoms. The summed E-state index contributed by atoms with van der Waals surface area (Å²) in [5.74, 6) is 2.24. The Morgan fingerprint density at radius 2 is 1.56 bits per heavy atom. The van der Waals surface area contributed by atoms with Crippen LogP contribution in [0.15, 0.2) is 6.07 Å². The number of aromatic nitrogens is 2. The third-order valence-electron chi connectivity index (χ3n) is 6.49. The Kier molecular flexibility index (Phi) is 5.13. The van der Waals surface area contributed by atoms with Crippen molar-refractivity contribution in [3.05, 3.63) is 6.07 Å². The summed E-state index contributed by atoms with van der Waals surface area (Å²) in [5.41, 5.74) is 6.28. The highest BCUT2D eigenvalue weighted by molar-refractivity contribution is 5.54. The fourth-order valence-electron chi connectivity index (χ4n) is 5.00. The molecular formula is C19H33N7O. The van der Waals surface area contributed by atoms with E-state index < -0.39 is 0 Å². The maximum absolute atomic E-state index is 10.2. The molecule has 8 heteroatoms. The third kappa shape index (κ3) is 4.12. The number of nitrogens with zero attached hydrogens (tertiary/aromatic N) is 6. The smallest absolute Gasteiger partial charge is 0.223 e. The predicted molar refractivity (Wildman–Crippen MR) is 108 cm³/mol. The highest BCUT2D eigenvalue weighted by Crippen LogP contribution is 2.40. The van der Waals surface area contributed by atoms with Gasteiger partial charge in [-0.15, -0.1) is 0 Å². The Balaban J connectivity index is 1.45. The van der Waals surface area contributed by atoms with E-state index in [1.807, 2.05) is 0 Å². The van der Waals surface area contributed by atoms with Crippen molar-refractivity contribution < 1.29 is 5.11 Å². The maximum Gasteiger partial charge on any atom is 0.223 e. The molecule has 1 atom stereocenters. The molecule has 0 radical (unpaired) electrons. The van der Waals surface area contributed by atoms with E-state index in [-0.39, 0.29) is 11.5 Å². The van der Waals surface area contributed by atoms with Gasteiger partial charge in [0.1, 0.15) is 11.6 Å². The second-order valence-electron chi connectivity index (χ2n) is 8.77. The van der Waals surface area contributed by atoms with Crippen LogP contribution in [0.4, 0.5) is 17.6 Å². The van der Waals surface area contributed by atoms with Crippen LogP contribution in [-0.2, 0) is 0 Å². The zero-order valence-electron chi connectivity index (χ0n) is 16.6. The molecule has 8 nitrogen and oxygen atoms in total.